The molecule has 4 nitrogen and oxygen atoms in total. The van der Waals surface area contributed by atoms with Crippen LogP contribution in [-0.2, 0) is 20.9 Å². The minimum atomic E-state index is -0.958. The molecule has 16 heavy (non-hydrogen) atoms. The molecule has 1 N–H and O–H groups in total. The first-order valence-electron chi connectivity index (χ1n) is 5.03. The summed E-state index contributed by atoms with van der Waals surface area (Å²) in [5, 5.41) is 8.61. The number of carboxylic acid groups (broad SMARTS) is 1. The Labute approximate surface area is 93.9 Å². The quantitative estimate of drug-likeness (QED) is 0.712. The Morgan fingerprint density at radius 3 is 2.62 bits per heavy atom. The summed E-state index contributed by atoms with van der Waals surface area (Å²) in [4.78, 5) is 20.8. The van der Waals surface area contributed by atoms with Gasteiger partial charge in [-0.25, -0.2) is 0 Å². The van der Waals surface area contributed by atoms with E-state index in [1.165, 1.54) is 0 Å². The molecule has 0 bridgehead atoms. The van der Waals surface area contributed by atoms with Crippen molar-refractivity contribution in [1.29, 1.82) is 0 Å². The molecule has 1 unspecified atom stereocenters. The van der Waals surface area contributed by atoms with E-state index in [1.807, 2.05) is 30.3 Å². The van der Waals surface area contributed by atoms with Crippen molar-refractivity contribution in [2.75, 3.05) is 0 Å². The topological polar surface area (TPSA) is 63.6 Å². The zero-order valence-electron chi connectivity index (χ0n) is 8.83. The van der Waals surface area contributed by atoms with Gasteiger partial charge in [0.2, 0.25) is 0 Å². The van der Waals surface area contributed by atoms with Crippen LogP contribution in [0.25, 0.3) is 0 Å². The number of carbonyl (C=O) groups excluding carboxylic acids is 1. The highest BCUT2D eigenvalue weighted by Crippen LogP contribution is 2.08. The van der Waals surface area contributed by atoms with Crippen LogP contribution in [0.4, 0.5) is 0 Å². The molecule has 4 heteroatoms. The molecule has 1 rings (SSSR count). The third-order valence-electron chi connectivity index (χ3n) is 2.09. The van der Waals surface area contributed by atoms with Crippen LogP contribution in [0, 0.1) is 0 Å². The van der Waals surface area contributed by atoms with Gasteiger partial charge < -0.3 is 14.6 Å². The Bertz CT molecular complexity index is 334. The summed E-state index contributed by atoms with van der Waals surface area (Å²) < 4.78 is 5.37. The van der Waals surface area contributed by atoms with Gasteiger partial charge in [0.1, 0.15) is 6.29 Å². The maximum Gasteiger partial charge on any atom is 0.305 e. The van der Waals surface area contributed by atoms with Crippen LogP contribution in [0.5, 0.6) is 0 Å². The summed E-state index contributed by atoms with van der Waals surface area (Å²) in [6.07, 6.45) is 0.0961. The highest BCUT2D eigenvalue weighted by Gasteiger charge is 2.13. The van der Waals surface area contributed by atoms with Gasteiger partial charge in [0, 0.05) is 6.42 Å². The fourth-order valence-corrected chi connectivity index (χ4v) is 1.30. The van der Waals surface area contributed by atoms with Gasteiger partial charge in [0.05, 0.1) is 19.1 Å². The van der Waals surface area contributed by atoms with Crippen molar-refractivity contribution in [1.82, 2.24) is 0 Å². The SMILES string of the molecule is O=CCC(CC(=O)O)OCc1ccccc1. The zero-order valence-corrected chi connectivity index (χ0v) is 8.83. The van der Waals surface area contributed by atoms with Gasteiger partial charge in [-0.15, -0.1) is 0 Å². The van der Waals surface area contributed by atoms with Crippen LogP contribution < -0.4 is 0 Å². The highest BCUT2D eigenvalue weighted by atomic mass is 16.5. The molecule has 1 atom stereocenters. The van der Waals surface area contributed by atoms with Gasteiger partial charge in [0.15, 0.2) is 0 Å². The monoisotopic (exact) mass is 222 g/mol. The average Bonchev–Trinajstić information content (AvgIpc) is 2.27. The Morgan fingerprint density at radius 1 is 1.38 bits per heavy atom. The van der Waals surface area contributed by atoms with E-state index < -0.39 is 12.1 Å². The lowest BCUT2D eigenvalue weighted by molar-refractivity contribution is -0.140. The van der Waals surface area contributed by atoms with Crippen molar-refractivity contribution < 1.29 is 19.4 Å². The van der Waals surface area contributed by atoms with Crippen LogP contribution in [0.2, 0.25) is 0 Å². The molecule has 0 amide bonds. The lowest BCUT2D eigenvalue weighted by Gasteiger charge is -2.13. The maximum atomic E-state index is 10.5. The summed E-state index contributed by atoms with van der Waals surface area (Å²) in [6.45, 7) is 0.326. The van der Waals surface area contributed by atoms with E-state index in [1.54, 1.807) is 0 Å². The lowest BCUT2D eigenvalue weighted by Crippen LogP contribution is -2.18. The second-order valence-corrected chi connectivity index (χ2v) is 3.42. The van der Waals surface area contributed by atoms with E-state index in [-0.39, 0.29) is 12.8 Å². The van der Waals surface area contributed by atoms with Crippen molar-refractivity contribution in [3.05, 3.63) is 35.9 Å². The molecule has 0 saturated carbocycles. The summed E-state index contributed by atoms with van der Waals surface area (Å²) in [7, 11) is 0. The Kier molecular flexibility index (Phi) is 5.22. The van der Waals surface area contributed by atoms with Gasteiger partial charge in [-0.05, 0) is 5.56 Å². The van der Waals surface area contributed by atoms with Gasteiger partial charge in [-0.3, -0.25) is 4.79 Å². The van der Waals surface area contributed by atoms with Crippen molar-refractivity contribution in [2.24, 2.45) is 0 Å². The summed E-state index contributed by atoms with van der Waals surface area (Å²) >= 11 is 0. The van der Waals surface area contributed by atoms with Crippen LogP contribution in [0.3, 0.4) is 0 Å². The van der Waals surface area contributed by atoms with Gasteiger partial charge in [0.25, 0.3) is 0 Å². The minimum absolute atomic E-state index is 0.110. The third-order valence-corrected chi connectivity index (χ3v) is 2.09. The van der Waals surface area contributed by atoms with E-state index in [4.69, 9.17) is 9.84 Å². The first-order chi connectivity index (χ1) is 7.72. The molecular weight excluding hydrogens is 208 g/mol. The van der Waals surface area contributed by atoms with E-state index in [0.29, 0.717) is 12.9 Å². The van der Waals surface area contributed by atoms with Crippen LogP contribution >= 0.6 is 0 Å². The fraction of sp³-hybridized carbons (Fsp3) is 0.333. The fourth-order valence-electron chi connectivity index (χ4n) is 1.30. The first kappa shape index (κ1) is 12.4. The second-order valence-electron chi connectivity index (χ2n) is 3.42. The molecule has 0 aliphatic heterocycles. The number of ether oxygens (including phenoxy) is 1. The minimum Gasteiger partial charge on any atom is -0.481 e. The van der Waals surface area contributed by atoms with Gasteiger partial charge in [-0.2, -0.15) is 0 Å². The van der Waals surface area contributed by atoms with E-state index in [2.05, 4.69) is 0 Å². The number of hydrogen-bond donors (Lipinski definition) is 1. The number of hydrogen-bond acceptors (Lipinski definition) is 3. The highest BCUT2D eigenvalue weighted by molar-refractivity contribution is 5.68. The normalized spacial score (nSPS) is 12.0. The number of aldehydes is 1. The number of benzene rings is 1. The van der Waals surface area contributed by atoms with Crippen LogP contribution in [0.1, 0.15) is 18.4 Å². The molecule has 0 aliphatic rings. The van der Waals surface area contributed by atoms with Crippen molar-refractivity contribution in [2.45, 2.75) is 25.6 Å². The molecule has 0 saturated heterocycles. The molecule has 0 heterocycles. The zero-order chi connectivity index (χ0) is 11.8. The molecule has 0 spiro atoms. The number of carbonyl (C=O) groups is 2. The Balaban J connectivity index is 2.43. The molecule has 0 aliphatic carbocycles. The molecule has 1 aromatic carbocycles. The Hall–Kier alpha value is -1.68. The number of carboxylic acids is 1. The van der Waals surface area contributed by atoms with E-state index >= 15 is 0 Å². The molecule has 86 valence electrons. The molecule has 0 aromatic heterocycles. The van der Waals surface area contributed by atoms with Crippen molar-refractivity contribution in [3.8, 4) is 0 Å². The van der Waals surface area contributed by atoms with Gasteiger partial charge >= 0.3 is 5.97 Å². The third kappa shape index (κ3) is 4.70. The summed E-state index contributed by atoms with van der Waals surface area (Å²) in [5.74, 6) is -0.958. The van der Waals surface area contributed by atoms with E-state index in [0.717, 1.165) is 5.56 Å². The van der Waals surface area contributed by atoms with Crippen molar-refractivity contribution in [3.63, 3.8) is 0 Å². The molecular formula is C12H14O4. The standard InChI is InChI=1S/C12H14O4/c13-7-6-11(8-12(14)15)16-9-10-4-2-1-3-5-10/h1-5,7,11H,6,8-9H2,(H,14,15). The van der Waals surface area contributed by atoms with E-state index in [9.17, 15) is 9.59 Å². The second kappa shape index (κ2) is 6.74. The molecule has 1 aromatic rings. The average molecular weight is 222 g/mol. The Morgan fingerprint density at radius 2 is 2.06 bits per heavy atom. The number of rotatable bonds is 7. The predicted octanol–water partition coefficient (Wildman–Crippen LogP) is 1.64. The summed E-state index contributed by atoms with van der Waals surface area (Å²) in [6, 6.07) is 9.43. The molecule has 0 fully saturated rings. The lowest BCUT2D eigenvalue weighted by atomic mass is 10.2. The van der Waals surface area contributed by atoms with Gasteiger partial charge in [-0.1, -0.05) is 30.3 Å². The van der Waals surface area contributed by atoms with Crippen LogP contribution in [0.15, 0.2) is 30.3 Å². The van der Waals surface area contributed by atoms with Crippen molar-refractivity contribution >= 4 is 12.3 Å². The summed E-state index contributed by atoms with van der Waals surface area (Å²) in [5.41, 5.74) is 0.962. The smallest absolute Gasteiger partial charge is 0.305 e. The molecule has 0 radical (unpaired) electrons. The van der Waals surface area contributed by atoms with Crippen LogP contribution in [-0.4, -0.2) is 23.5 Å². The number of aliphatic carboxylic acids is 1. The predicted molar refractivity (Wildman–Crippen MR) is 58.0 cm³/mol. The first-order valence-corrected chi connectivity index (χ1v) is 5.03. The largest absolute Gasteiger partial charge is 0.481 e. The maximum absolute atomic E-state index is 10.5.